The number of carbonyl (C=O) groups is 1. The van der Waals surface area contributed by atoms with Gasteiger partial charge in [0.05, 0.1) is 7.11 Å². The van der Waals surface area contributed by atoms with E-state index in [0.717, 1.165) is 15.6 Å². The number of ether oxygens (including phenoxy) is 1. The molecule has 0 bridgehead atoms. The molecule has 94 valence electrons. The third-order valence-corrected chi connectivity index (χ3v) is 3.34. The monoisotopic (exact) mass is 299 g/mol. The molecule has 3 nitrogen and oxygen atoms in total. The highest BCUT2D eigenvalue weighted by molar-refractivity contribution is 9.10. The Labute approximate surface area is 111 Å². The van der Waals surface area contributed by atoms with Crippen molar-refractivity contribution in [2.24, 2.45) is 0 Å². The maximum atomic E-state index is 11.7. The first-order chi connectivity index (χ1) is 7.95. The quantitative estimate of drug-likeness (QED) is 0.869. The van der Waals surface area contributed by atoms with Crippen LogP contribution in [0.5, 0.6) is 0 Å². The highest BCUT2D eigenvalue weighted by Crippen LogP contribution is 2.22. The number of rotatable bonds is 4. The number of esters is 1. The van der Waals surface area contributed by atoms with Crippen LogP contribution in [0.15, 0.2) is 22.7 Å². The number of nitrogens with one attached hydrogen (secondary N) is 1. The molecule has 0 saturated carbocycles. The van der Waals surface area contributed by atoms with Crippen molar-refractivity contribution < 1.29 is 9.53 Å². The molecular formula is C13H18BrNO2. The third kappa shape index (κ3) is 3.82. The van der Waals surface area contributed by atoms with Crippen LogP contribution in [0.2, 0.25) is 0 Å². The van der Waals surface area contributed by atoms with E-state index in [4.69, 9.17) is 4.74 Å². The van der Waals surface area contributed by atoms with Crippen molar-refractivity contribution in [1.82, 2.24) is 5.32 Å². The van der Waals surface area contributed by atoms with Gasteiger partial charge in [-0.05, 0) is 38.0 Å². The SMILES string of the molecule is COC(=O)C(NC(C)C)c1ccc(Br)c(C)c1. The fourth-order valence-corrected chi connectivity index (χ4v) is 1.85. The number of benzene rings is 1. The predicted molar refractivity (Wildman–Crippen MR) is 71.9 cm³/mol. The van der Waals surface area contributed by atoms with Gasteiger partial charge in [-0.1, -0.05) is 28.1 Å². The van der Waals surface area contributed by atoms with Crippen LogP contribution in [0.4, 0.5) is 0 Å². The molecule has 1 atom stereocenters. The summed E-state index contributed by atoms with van der Waals surface area (Å²) in [7, 11) is 1.41. The fraction of sp³-hybridized carbons (Fsp3) is 0.462. The van der Waals surface area contributed by atoms with Gasteiger partial charge in [-0.25, -0.2) is 4.79 Å². The first-order valence-corrected chi connectivity index (χ1v) is 6.35. The normalized spacial score (nSPS) is 12.6. The molecule has 4 heteroatoms. The number of hydrogen-bond donors (Lipinski definition) is 1. The largest absolute Gasteiger partial charge is 0.468 e. The molecule has 0 fully saturated rings. The van der Waals surface area contributed by atoms with Crippen molar-refractivity contribution in [3.05, 3.63) is 33.8 Å². The molecule has 17 heavy (non-hydrogen) atoms. The van der Waals surface area contributed by atoms with E-state index >= 15 is 0 Å². The minimum absolute atomic E-state index is 0.211. The zero-order valence-electron chi connectivity index (χ0n) is 10.6. The van der Waals surface area contributed by atoms with E-state index < -0.39 is 6.04 Å². The molecular weight excluding hydrogens is 282 g/mol. The molecule has 1 aromatic carbocycles. The van der Waals surface area contributed by atoms with E-state index in [9.17, 15) is 4.79 Å². The van der Waals surface area contributed by atoms with Gasteiger partial charge in [-0.15, -0.1) is 0 Å². The van der Waals surface area contributed by atoms with E-state index in [0.29, 0.717) is 0 Å². The second kappa shape index (κ2) is 6.17. The number of carbonyl (C=O) groups excluding carboxylic acids is 1. The average Bonchev–Trinajstić information content (AvgIpc) is 2.28. The average molecular weight is 300 g/mol. The zero-order chi connectivity index (χ0) is 13.0. The fourth-order valence-electron chi connectivity index (χ4n) is 1.60. The van der Waals surface area contributed by atoms with Crippen LogP contribution < -0.4 is 5.32 Å². The molecule has 0 aliphatic rings. The lowest BCUT2D eigenvalue weighted by atomic mass is 10.0. The summed E-state index contributed by atoms with van der Waals surface area (Å²) in [6, 6.07) is 5.66. The van der Waals surface area contributed by atoms with Crippen LogP contribution in [0.1, 0.15) is 31.0 Å². The Bertz CT molecular complexity index is 404. The second-order valence-corrected chi connectivity index (χ2v) is 5.14. The van der Waals surface area contributed by atoms with E-state index in [1.807, 2.05) is 39.0 Å². The van der Waals surface area contributed by atoms with Gasteiger partial charge in [-0.2, -0.15) is 0 Å². The van der Waals surface area contributed by atoms with Crippen LogP contribution in [0.3, 0.4) is 0 Å². The number of hydrogen-bond acceptors (Lipinski definition) is 3. The molecule has 0 heterocycles. The Kier molecular flexibility index (Phi) is 5.15. The highest BCUT2D eigenvalue weighted by atomic mass is 79.9. The van der Waals surface area contributed by atoms with E-state index in [1.54, 1.807) is 0 Å². The first-order valence-electron chi connectivity index (χ1n) is 5.55. The summed E-state index contributed by atoms with van der Waals surface area (Å²) in [4.78, 5) is 11.7. The van der Waals surface area contributed by atoms with Crippen molar-refractivity contribution in [1.29, 1.82) is 0 Å². The molecule has 1 N–H and O–H groups in total. The van der Waals surface area contributed by atoms with Gasteiger partial charge in [0.15, 0.2) is 0 Å². The highest BCUT2D eigenvalue weighted by Gasteiger charge is 2.22. The van der Waals surface area contributed by atoms with Crippen LogP contribution in [-0.2, 0) is 9.53 Å². The summed E-state index contributed by atoms with van der Waals surface area (Å²) in [6.07, 6.45) is 0. The van der Waals surface area contributed by atoms with Gasteiger partial charge in [0.25, 0.3) is 0 Å². The molecule has 0 aliphatic heterocycles. The van der Waals surface area contributed by atoms with Crippen LogP contribution >= 0.6 is 15.9 Å². The number of halogens is 1. The summed E-state index contributed by atoms with van der Waals surface area (Å²) >= 11 is 3.45. The van der Waals surface area contributed by atoms with E-state index in [1.165, 1.54) is 7.11 Å². The molecule has 0 spiro atoms. The molecule has 0 aromatic heterocycles. The molecule has 0 radical (unpaired) electrons. The Morgan fingerprint density at radius 3 is 2.53 bits per heavy atom. The summed E-state index contributed by atoms with van der Waals surface area (Å²) in [5, 5.41) is 3.20. The Morgan fingerprint density at radius 2 is 2.06 bits per heavy atom. The molecule has 1 aromatic rings. The minimum atomic E-state index is -0.410. The van der Waals surface area contributed by atoms with Crippen molar-refractivity contribution >= 4 is 21.9 Å². The number of methoxy groups -OCH3 is 1. The van der Waals surface area contributed by atoms with Crippen LogP contribution in [-0.4, -0.2) is 19.1 Å². The van der Waals surface area contributed by atoms with Gasteiger partial charge in [0.2, 0.25) is 0 Å². The summed E-state index contributed by atoms with van der Waals surface area (Å²) in [5.74, 6) is -0.263. The molecule has 1 rings (SSSR count). The van der Waals surface area contributed by atoms with Gasteiger partial charge in [0.1, 0.15) is 6.04 Å². The summed E-state index contributed by atoms with van der Waals surface area (Å²) in [6.45, 7) is 6.00. The van der Waals surface area contributed by atoms with Crippen molar-refractivity contribution in [3.63, 3.8) is 0 Å². The predicted octanol–water partition coefficient (Wildman–Crippen LogP) is 2.97. The number of aryl methyl sites for hydroxylation is 1. The van der Waals surface area contributed by atoms with Crippen LogP contribution in [0.25, 0.3) is 0 Å². The van der Waals surface area contributed by atoms with Gasteiger partial charge >= 0.3 is 5.97 Å². The van der Waals surface area contributed by atoms with Crippen molar-refractivity contribution in [2.45, 2.75) is 32.9 Å². The van der Waals surface area contributed by atoms with Gasteiger partial charge in [0, 0.05) is 10.5 Å². The Hall–Kier alpha value is -0.870. The van der Waals surface area contributed by atoms with Crippen molar-refractivity contribution in [2.75, 3.05) is 7.11 Å². The third-order valence-electron chi connectivity index (χ3n) is 2.45. The maximum absolute atomic E-state index is 11.7. The topological polar surface area (TPSA) is 38.3 Å². The first kappa shape index (κ1) is 14.2. The second-order valence-electron chi connectivity index (χ2n) is 4.29. The molecule has 0 saturated heterocycles. The summed E-state index contributed by atoms with van der Waals surface area (Å²) in [5.41, 5.74) is 2.02. The van der Waals surface area contributed by atoms with Gasteiger partial charge < -0.3 is 4.74 Å². The van der Waals surface area contributed by atoms with E-state index in [2.05, 4.69) is 21.2 Å². The lowest BCUT2D eigenvalue weighted by Gasteiger charge is -2.20. The van der Waals surface area contributed by atoms with Crippen LogP contribution in [0, 0.1) is 6.92 Å². The van der Waals surface area contributed by atoms with Gasteiger partial charge in [-0.3, -0.25) is 5.32 Å². The summed E-state index contributed by atoms with van der Waals surface area (Å²) < 4.78 is 5.86. The minimum Gasteiger partial charge on any atom is -0.468 e. The maximum Gasteiger partial charge on any atom is 0.327 e. The standard InChI is InChI=1S/C13H18BrNO2/c1-8(2)15-12(13(16)17-4)10-5-6-11(14)9(3)7-10/h5-8,12,15H,1-4H3. The van der Waals surface area contributed by atoms with E-state index in [-0.39, 0.29) is 12.0 Å². The smallest absolute Gasteiger partial charge is 0.327 e. The van der Waals surface area contributed by atoms with Crippen molar-refractivity contribution in [3.8, 4) is 0 Å². The zero-order valence-corrected chi connectivity index (χ0v) is 12.2. The molecule has 0 aliphatic carbocycles. The molecule has 1 unspecified atom stereocenters. The Balaban J connectivity index is 3.03. The molecule has 0 amide bonds. The lowest BCUT2D eigenvalue weighted by Crippen LogP contribution is -2.34. The Morgan fingerprint density at radius 1 is 1.41 bits per heavy atom. The lowest BCUT2D eigenvalue weighted by molar-refractivity contribution is -0.143.